The zero-order chi connectivity index (χ0) is 15.7. The van der Waals surface area contributed by atoms with Crippen molar-refractivity contribution in [1.82, 2.24) is 14.7 Å². The maximum atomic E-state index is 12.5. The molecule has 3 aromatic rings. The zero-order valence-electron chi connectivity index (χ0n) is 11.5. The fourth-order valence-electron chi connectivity index (χ4n) is 2.08. The highest BCUT2D eigenvalue weighted by Gasteiger charge is 2.23. The molecule has 0 aliphatic heterocycles. The minimum atomic E-state index is -4.04. The molecule has 2 heterocycles. The summed E-state index contributed by atoms with van der Waals surface area (Å²) in [7, 11) is -4.04. The quantitative estimate of drug-likeness (QED) is 0.788. The highest BCUT2D eigenvalue weighted by Crippen LogP contribution is 2.22. The number of amides is 1. The Kier molecular flexibility index (Phi) is 3.38. The number of nitrogens with zero attached hydrogens (tertiary/aromatic N) is 2. The zero-order valence-corrected chi connectivity index (χ0v) is 12.3. The largest absolute Gasteiger partial charge is 0.448 e. The summed E-state index contributed by atoms with van der Waals surface area (Å²) in [5, 5.41) is 1.14. The van der Waals surface area contributed by atoms with E-state index in [1.807, 2.05) is 4.72 Å². The number of hydrogen-bond acceptors (Lipinski definition) is 6. The molecule has 7 nitrogen and oxygen atoms in total. The second-order valence-electron chi connectivity index (χ2n) is 4.54. The Morgan fingerprint density at radius 1 is 1.27 bits per heavy atom. The molecule has 0 spiro atoms. The predicted molar refractivity (Wildman–Crippen MR) is 77.6 cm³/mol. The number of carbonyl (C=O) groups excluding carboxylic acids is 1. The lowest BCUT2D eigenvalue weighted by Gasteiger charge is -2.08. The minimum Gasteiger partial charge on any atom is -0.448 e. The van der Waals surface area contributed by atoms with E-state index in [9.17, 15) is 13.2 Å². The number of rotatable bonds is 3. The van der Waals surface area contributed by atoms with E-state index in [4.69, 9.17) is 4.42 Å². The van der Waals surface area contributed by atoms with Crippen molar-refractivity contribution in [3.05, 3.63) is 54.5 Å². The first-order valence-electron chi connectivity index (χ1n) is 6.29. The second-order valence-corrected chi connectivity index (χ2v) is 6.20. The fourth-order valence-corrected chi connectivity index (χ4v) is 3.26. The molecule has 0 bridgehead atoms. The molecule has 0 saturated heterocycles. The van der Waals surface area contributed by atoms with Gasteiger partial charge in [-0.3, -0.25) is 9.78 Å². The second kappa shape index (κ2) is 5.23. The van der Waals surface area contributed by atoms with Crippen LogP contribution in [0.25, 0.3) is 10.8 Å². The van der Waals surface area contributed by atoms with Gasteiger partial charge in [-0.2, -0.15) is 0 Å². The fraction of sp³-hybridized carbons (Fsp3) is 0.0714. The van der Waals surface area contributed by atoms with E-state index >= 15 is 0 Å². The van der Waals surface area contributed by atoms with Gasteiger partial charge in [0.15, 0.2) is 12.1 Å². The van der Waals surface area contributed by atoms with Gasteiger partial charge in [0.05, 0.1) is 4.90 Å². The van der Waals surface area contributed by atoms with Crippen LogP contribution in [0.2, 0.25) is 0 Å². The van der Waals surface area contributed by atoms with Crippen LogP contribution in [-0.2, 0) is 10.0 Å². The standard InChI is InChI=1S/C14H11N3O4S/c1-9-13(16-8-21-9)14(18)17-22(19,20)12-4-2-3-10-7-15-6-5-11(10)12/h2-8H,1H3,(H,17,18). The van der Waals surface area contributed by atoms with Gasteiger partial charge in [0, 0.05) is 23.2 Å². The van der Waals surface area contributed by atoms with Crippen LogP contribution in [0.1, 0.15) is 16.2 Å². The summed E-state index contributed by atoms with van der Waals surface area (Å²) in [6.45, 7) is 1.53. The summed E-state index contributed by atoms with van der Waals surface area (Å²) in [5.41, 5.74) is -0.0644. The highest BCUT2D eigenvalue weighted by molar-refractivity contribution is 7.90. The molecule has 112 valence electrons. The Bertz CT molecular complexity index is 958. The summed E-state index contributed by atoms with van der Waals surface area (Å²) in [6.07, 6.45) is 4.13. The molecule has 2 aromatic heterocycles. The minimum absolute atomic E-state index is 0.00176. The molecule has 0 saturated carbocycles. The van der Waals surface area contributed by atoms with Crippen molar-refractivity contribution in [3.63, 3.8) is 0 Å². The first-order chi connectivity index (χ1) is 10.5. The van der Waals surface area contributed by atoms with E-state index in [0.29, 0.717) is 10.8 Å². The number of aromatic nitrogens is 2. The van der Waals surface area contributed by atoms with Gasteiger partial charge < -0.3 is 4.42 Å². The first-order valence-corrected chi connectivity index (χ1v) is 7.77. The summed E-state index contributed by atoms with van der Waals surface area (Å²) >= 11 is 0. The Hall–Kier alpha value is -2.74. The van der Waals surface area contributed by atoms with Crippen LogP contribution in [0.5, 0.6) is 0 Å². The van der Waals surface area contributed by atoms with Crippen molar-refractivity contribution >= 4 is 26.7 Å². The van der Waals surface area contributed by atoms with Gasteiger partial charge in [0.1, 0.15) is 5.76 Å². The molecule has 0 aliphatic rings. The molecule has 0 fully saturated rings. The number of sulfonamides is 1. The molecule has 0 unspecified atom stereocenters. The molecule has 0 radical (unpaired) electrons. The van der Waals surface area contributed by atoms with E-state index in [1.165, 1.54) is 19.2 Å². The average molecular weight is 317 g/mol. The summed E-state index contributed by atoms with van der Waals surface area (Å²) < 4.78 is 31.8. The topological polar surface area (TPSA) is 102 Å². The van der Waals surface area contributed by atoms with E-state index in [2.05, 4.69) is 9.97 Å². The number of carbonyl (C=O) groups is 1. The summed E-state index contributed by atoms with van der Waals surface area (Å²) in [4.78, 5) is 19.7. The van der Waals surface area contributed by atoms with Crippen LogP contribution in [0.3, 0.4) is 0 Å². The van der Waals surface area contributed by atoms with Crippen molar-refractivity contribution in [2.45, 2.75) is 11.8 Å². The van der Waals surface area contributed by atoms with E-state index in [0.717, 1.165) is 6.39 Å². The van der Waals surface area contributed by atoms with Gasteiger partial charge in [-0.25, -0.2) is 18.1 Å². The predicted octanol–water partition coefficient (Wildman–Crippen LogP) is 1.65. The van der Waals surface area contributed by atoms with E-state index < -0.39 is 15.9 Å². The van der Waals surface area contributed by atoms with Crippen molar-refractivity contribution in [1.29, 1.82) is 0 Å². The maximum Gasteiger partial charge on any atom is 0.287 e. The summed E-state index contributed by atoms with van der Waals surface area (Å²) in [5.74, 6) is -0.591. The lowest BCUT2D eigenvalue weighted by Crippen LogP contribution is -2.31. The van der Waals surface area contributed by atoms with Crippen molar-refractivity contribution in [3.8, 4) is 0 Å². The molecule has 1 aromatic carbocycles. The van der Waals surface area contributed by atoms with Crippen molar-refractivity contribution in [2.75, 3.05) is 0 Å². The third kappa shape index (κ3) is 2.44. The summed E-state index contributed by atoms with van der Waals surface area (Å²) in [6, 6.07) is 6.33. The SMILES string of the molecule is Cc1ocnc1C(=O)NS(=O)(=O)c1cccc2cnccc12. The molecular formula is C14H11N3O4S. The van der Waals surface area contributed by atoms with Gasteiger partial charge in [-0.1, -0.05) is 12.1 Å². The Morgan fingerprint density at radius 3 is 2.82 bits per heavy atom. The van der Waals surface area contributed by atoms with Gasteiger partial charge in [0.25, 0.3) is 15.9 Å². The molecular weight excluding hydrogens is 306 g/mol. The maximum absolute atomic E-state index is 12.5. The molecule has 1 amide bonds. The smallest absolute Gasteiger partial charge is 0.287 e. The van der Waals surface area contributed by atoms with Gasteiger partial charge >= 0.3 is 0 Å². The number of nitrogens with one attached hydrogen (secondary N) is 1. The Labute approximate surface area is 126 Å². The lowest BCUT2D eigenvalue weighted by molar-refractivity contribution is 0.0976. The van der Waals surface area contributed by atoms with Crippen molar-refractivity contribution < 1.29 is 17.6 Å². The van der Waals surface area contributed by atoms with Crippen LogP contribution in [-0.4, -0.2) is 24.3 Å². The monoisotopic (exact) mass is 317 g/mol. The number of pyridine rings is 1. The third-order valence-corrected chi connectivity index (χ3v) is 4.51. The van der Waals surface area contributed by atoms with Gasteiger partial charge in [0.2, 0.25) is 0 Å². The molecule has 0 aliphatic carbocycles. The normalized spacial score (nSPS) is 11.5. The average Bonchev–Trinajstić information content (AvgIpc) is 2.92. The lowest BCUT2D eigenvalue weighted by atomic mass is 10.2. The molecule has 8 heteroatoms. The van der Waals surface area contributed by atoms with Gasteiger partial charge in [-0.05, 0) is 19.1 Å². The molecule has 22 heavy (non-hydrogen) atoms. The van der Waals surface area contributed by atoms with E-state index in [-0.39, 0.29) is 16.3 Å². The van der Waals surface area contributed by atoms with Gasteiger partial charge in [-0.15, -0.1) is 0 Å². The van der Waals surface area contributed by atoms with Crippen LogP contribution >= 0.6 is 0 Å². The first kappa shape index (κ1) is 14.2. The number of aryl methyl sites for hydroxylation is 1. The number of benzene rings is 1. The van der Waals surface area contributed by atoms with Crippen molar-refractivity contribution in [2.24, 2.45) is 0 Å². The molecule has 1 N–H and O–H groups in total. The molecule has 0 atom stereocenters. The highest BCUT2D eigenvalue weighted by atomic mass is 32.2. The van der Waals surface area contributed by atoms with Crippen LogP contribution in [0, 0.1) is 6.92 Å². The van der Waals surface area contributed by atoms with Crippen LogP contribution in [0.4, 0.5) is 0 Å². The third-order valence-electron chi connectivity index (χ3n) is 3.12. The number of hydrogen-bond donors (Lipinski definition) is 1. The van der Waals surface area contributed by atoms with Crippen LogP contribution < -0.4 is 4.72 Å². The Balaban J connectivity index is 2.02. The number of fused-ring (bicyclic) bond motifs is 1. The Morgan fingerprint density at radius 2 is 2.09 bits per heavy atom. The van der Waals surface area contributed by atoms with Crippen LogP contribution in [0.15, 0.2) is 52.4 Å². The van der Waals surface area contributed by atoms with E-state index in [1.54, 1.807) is 24.4 Å². The number of oxazole rings is 1. The molecule has 3 rings (SSSR count).